The lowest BCUT2D eigenvalue weighted by Crippen LogP contribution is -2.09. The molecule has 15 heavy (non-hydrogen) atoms. The van der Waals surface area contributed by atoms with Gasteiger partial charge in [-0.25, -0.2) is 4.79 Å². The van der Waals surface area contributed by atoms with Gasteiger partial charge in [0.1, 0.15) is 0 Å². The lowest BCUT2D eigenvalue weighted by atomic mass is 9.99. The van der Waals surface area contributed by atoms with Crippen molar-refractivity contribution in [2.45, 2.75) is 40.0 Å². The average molecular weight is 207 g/mol. The van der Waals surface area contributed by atoms with Gasteiger partial charge >= 0.3 is 5.97 Å². The van der Waals surface area contributed by atoms with E-state index in [9.17, 15) is 4.79 Å². The second-order valence-corrected chi connectivity index (χ2v) is 3.98. The molecule has 3 heteroatoms. The van der Waals surface area contributed by atoms with Crippen molar-refractivity contribution in [2.75, 3.05) is 0 Å². The minimum Gasteiger partial charge on any atom is -0.478 e. The SMILES string of the molecule is CCc1cc(C(=O)O)c(C(C)C)nc1C. The number of aryl methyl sites for hydroxylation is 2. The highest BCUT2D eigenvalue weighted by Gasteiger charge is 2.16. The Hall–Kier alpha value is -1.38. The Morgan fingerprint density at radius 2 is 2.13 bits per heavy atom. The van der Waals surface area contributed by atoms with Crippen LogP contribution in [0.15, 0.2) is 6.07 Å². The maximum Gasteiger partial charge on any atom is 0.337 e. The fraction of sp³-hybridized carbons (Fsp3) is 0.500. The standard InChI is InChI=1S/C12H17NO2/c1-5-9-6-10(12(14)15)11(7(2)3)13-8(9)4/h6-7H,5H2,1-4H3,(H,14,15). The first-order valence-electron chi connectivity index (χ1n) is 5.21. The van der Waals surface area contributed by atoms with Crippen LogP contribution in [0, 0.1) is 6.92 Å². The predicted octanol–water partition coefficient (Wildman–Crippen LogP) is 2.77. The van der Waals surface area contributed by atoms with Gasteiger partial charge in [0, 0.05) is 5.69 Å². The van der Waals surface area contributed by atoms with Gasteiger partial charge < -0.3 is 5.11 Å². The van der Waals surface area contributed by atoms with E-state index in [0.29, 0.717) is 11.3 Å². The normalized spacial score (nSPS) is 10.7. The Bertz CT molecular complexity index is 383. The molecule has 0 bridgehead atoms. The summed E-state index contributed by atoms with van der Waals surface area (Å²) >= 11 is 0. The fourth-order valence-corrected chi connectivity index (χ4v) is 1.63. The van der Waals surface area contributed by atoms with Gasteiger partial charge in [0.05, 0.1) is 11.3 Å². The summed E-state index contributed by atoms with van der Waals surface area (Å²) in [4.78, 5) is 15.4. The highest BCUT2D eigenvalue weighted by molar-refractivity contribution is 5.89. The zero-order valence-corrected chi connectivity index (χ0v) is 9.66. The molecule has 0 aliphatic carbocycles. The van der Waals surface area contributed by atoms with E-state index in [4.69, 9.17) is 5.11 Å². The van der Waals surface area contributed by atoms with Crippen LogP contribution in [0.4, 0.5) is 0 Å². The molecule has 0 aliphatic heterocycles. The van der Waals surface area contributed by atoms with Gasteiger partial charge in [0.25, 0.3) is 0 Å². The molecule has 1 N–H and O–H groups in total. The first-order valence-corrected chi connectivity index (χ1v) is 5.21. The number of rotatable bonds is 3. The van der Waals surface area contributed by atoms with E-state index in [1.54, 1.807) is 6.07 Å². The second kappa shape index (κ2) is 4.43. The predicted molar refractivity (Wildman–Crippen MR) is 59.4 cm³/mol. The number of carbonyl (C=O) groups is 1. The maximum absolute atomic E-state index is 11.1. The van der Waals surface area contributed by atoms with Crippen LogP contribution >= 0.6 is 0 Å². The number of nitrogens with zero attached hydrogens (tertiary/aromatic N) is 1. The molecule has 1 rings (SSSR count). The molecule has 0 fully saturated rings. The summed E-state index contributed by atoms with van der Waals surface area (Å²) in [6.07, 6.45) is 0.817. The van der Waals surface area contributed by atoms with Crippen LogP contribution < -0.4 is 0 Å². The Balaban J connectivity index is 3.39. The molecule has 0 radical (unpaired) electrons. The monoisotopic (exact) mass is 207 g/mol. The van der Waals surface area contributed by atoms with Crippen LogP contribution in [0.1, 0.15) is 54.0 Å². The van der Waals surface area contributed by atoms with E-state index in [1.807, 2.05) is 27.7 Å². The topological polar surface area (TPSA) is 50.2 Å². The van der Waals surface area contributed by atoms with Crippen molar-refractivity contribution in [3.63, 3.8) is 0 Å². The van der Waals surface area contributed by atoms with Crippen molar-refractivity contribution < 1.29 is 9.90 Å². The summed E-state index contributed by atoms with van der Waals surface area (Å²) in [7, 11) is 0. The quantitative estimate of drug-likeness (QED) is 0.829. The molecule has 0 atom stereocenters. The van der Waals surface area contributed by atoms with E-state index in [-0.39, 0.29) is 5.92 Å². The number of aromatic carboxylic acids is 1. The van der Waals surface area contributed by atoms with E-state index in [0.717, 1.165) is 17.7 Å². The van der Waals surface area contributed by atoms with Gasteiger partial charge in [-0.05, 0) is 30.9 Å². The van der Waals surface area contributed by atoms with E-state index in [1.165, 1.54) is 0 Å². The van der Waals surface area contributed by atoms with Crippen molar-refractivity contribution in [3.8, 4) is 0 Å². The molecule has 3 nitrogen and oxygen atoms in total. The van der Waals surface area contributed by atoms with Crippen molar-refractivity contribution in [2.24, 2.45) is 0 Å². The maximum atomic E-state index is 11.1. The first-order chi connectivity index (χ1) is 6.97. The average Bonchev–Trinajstić information content (AvgIpc) is 2.16. The van der Waals surface area contributed by atoms with E-state index in [2.05, 4.69) is 4.98 Å². The molecular formula is C12H17NO2. The van der Waals surface area contributed by atoms with E-state index < -0.39 is 5.97 Å². The van der Waals surface area contributed by atoms with Crippen molar-refractivity contribution in [3.05, 3.63) is 28.6 Å². The van der Waals surface area contributed by atoms with E-state index >= 15 is 0 Å². The zero-order chi connectivity index (χ0) is 11.6. The van der Waals surface area contributed by atoms with Crippen molar-refractivity contribution in [1.82, 2.24) is 4.98 Å². The molecule has 0 unspecified atom stereocenters. The van der Waals surface area contributed by atoms with Gasteiger partial charge in [-0.3, -0.25) is 4.98 Å². The Labute approximate surface area is 90.2 Å². The molecular weight excluding hydrogens is 190 g/mol. The van der Waals surface area contributed by atoms with Gasteiger partial charge in [0.2, 0.25) is 0 Å². The zero-order valence-electron chi connectivity index (χ0n) is 9.66. The molecule has 82 valence electrons. The Morgan fingerprint density at radius 1 is 1.53 bits per heavy atom. The van der Waals surface area contributed by atoms with Crippen LogP contribution in [0.5, 0.6) is 0 Å². The third-order valence-electron chi connectivity index (χ3n) is 2.51. The molecule has 1 aromatic heterocycles. The molecule has 0 saturated carbocycles. The summed E-state index contributed by atoms with van der Waals surface area (Å²) in [5.41, 5.74) is 2.97. The van der Waals surface area contributed by atoms with Gasteiger partial charge in [0.15, 0.2) is 0 Å². The third-order valence-corrected chi connectivity index (χ3v) is 2.51. The number of pyridine rings is 1. The lowest BCUT2D eigenvalue weighted by molar-refractivity contribution is 0.0694. The van der Waals surface area contributed by atoms with Crippen LogP contribution in [-0.4, -0.2) is 16.1 Å². The van der Waals surface area contributed by atoms with Gasteiger partial charge in [-0.15, -0.1) is 0 Å². The summed E-state index contributed by atoms with van der Waals surface area (Å²) in [5.74, 6) is -0.749. The minimum atomic E-state index is -0.888. The molecule has 1 aromatic rings. The first kappa shape index (κ1) is 11.7. The largest absolute Gasteiger partial charge is 0.478 e. The van der Waals surface area contributed by atoms with Crippen LogP contribution in [0.3, 0.4) is 0 Å². The van der Waals surface area contributed by atoms with Crippen molar-refractivity contribution >= 4 is 5.97 Å². The molecule has 0 saturated heterocycles. The number of hydrogen-bond acceptors (Lipinski definition) is 2. The van der Waals surface area contributed by atoms with Gasteiger partial charge in [-0.1, -0.05) is 20.8 Å². The molecule has 0 aromatic carbocycles. The molecule has 0 spiro atoms. The van der Waals surface area contributed by atoms with Crippen LogP contribution in [0.25, 0.3) is 0 Å². The number of hydrogen-bond donors (Lipinski definition) is 1. The van der Waals surface area contributed by atoms with Crippen LogP contribution in [-0.2, 0) is 6.42 Å². The van der Waals surface area contributed by atoms with Crippen molar-refractivity contribution in [1.29, 1.82) is 0 Å². The molecule has 0 aliphatic rings. The Morgan fingerprint density at radius 3 is 2.53 bits per heavy atom. The Kier molecular flexibility index (Phi) is 3.45. The highest BCUT2D eigenvalue weighted by atomic mass is 16.4. The number of carboxylic acid groups (broad SMARTS) is 1. The smallest absolute Gasteiger partial charge is 0.337 e. The summed E-state index contributed by atoms with van der Waals surface area (Å²) in [6.45, 7) is 7.85. The summed E-state index contributed by atoms with van der Waals surface area (Å²) in [5, 5.41) is 9.09. The molecule has 1 heterocycles. The summed E-state index contributed by atoms with van der Waals surface area (Å²) < 4.78 is 0. The number of carboxylic acids is 1. The fourth-order valence-electron chi connectivity index (χ4n) is 1.63. The molecule has 0 amide bonds. The third kappa shape index (κ3) is 2.35. The van der Waals surface area contributed by atoms with Gasteiger partial charge in [-0.2, -0.15) is 0 Å². The second-order valence-electron chi connectivity index (χ2n) is 3.98. The summed E-state index contributed by atoms with van der Waals surface area (Å²) in [6, 6.07) is 1.75. The number of aromatic nitrogens is 1. The van der Waals surface area contributed by atoms with Crippen LogP contribution in [0.2, 0.25) is 0 Å². The minimum absolute atomic E-state index is 0.140. The lowest BCUT2D eigenvalue weighted by Gasteiger charge is -2.12. The highest BCUT2D eigenvalue weighted by Crippen LogP contribution is 2.20.